The molecule has 2 aromatic rings. The number of hydrogen-bond acceptors (Lipinski definition) is 3. The Morgan fingerprint density at radius 3 is 2.67 bits per heavy atom. The van der Waals surface area contributed by atoms with Gasteiger partial charge in [0.05, 0.1) is 13.0 Å². The highest BCUT2D eigenvalue weighted by Crippen LogP contribution is 2.31. The van der Waals surface area contributed by atoms with E-state index in [4.69, 9.17) is 4.74 Å². The van der Waals surface area contributed by atoms with Crippen molar-refractivity contribution in [3.8, 4) is 5.75 Å². The average molecular weight is 410 g/mol. The van der Waals surface area contributed by atoms with Crippen molar-refractivity contribution in [3.05, 3.63) is 59.9 Å². The lowest BCUT2D eigenvalue weighted by Gasteiger charge is -2.27. The van der Waals surface area contributed by atoms with Crippen molar-refractivity contribution in [2.75, 3.05) is 31.6 Å². The molecule has 0 aliphatic carbocycles. The number of methoxy groups -OCH3 is 1. The molecule has 2 aliphatic heterocycles. The second-order valence-corrected chi connectivity index (χ2v) is 8.14. The molecule has 2 aliphatic rings. The van der Waals surface area contributed by atoms with Crippen molar-refractivity contribution in [1.82, 2.24) is 4.90 Å². The second kappa shape index (κ2) is 8.86. The summed E-state index contributed by atoms with van der Waals surface area (Å²) >= 11 is 0. The van der Waals surface area contributed by atoms with E-state index in [0.29, 0.717) is 25.4 Å². The Morgan fingerprint density at radius 2 is 1.90 bits per heavy atom. The molecule has 0 spiro atoms. The highest BCUT2D eigenvalue weighted by molar-refractivity contribution is 6.00. The highest BCUT2D eigenvalue weighted by atomic mass is 19.1. The molecule has 158 valence electrons. The van der Waals surface area contributed by atoms with E-state index in [9.17, 15) is 14.0 Å². The summed E-state index contributed by atoms with van der Waals surface area (Å²) in [7, 11) is 1.59. The first-order valence-electron chi connectivity index (χ1n) is 10.5. The quantitative estimate of drug-likeness (QED) is 0.766. The third kappa shape index (κ3) is 4.32. The van der Waals surface area contributed by atoms with Crippen LogP contribution >= 0.6 is 0 Å². The van der Waals surface area contributed by atoms with E-state index in [1.54, 1.807) is 12.0 Å². The number of carbonyl (C=O) groups is 2. The van der Waals surface area contributed by atoms with Gasteiger partial charge in [0.25, 0.3) is 0 Å². The van der Waals surface area contributed by atoms with Gasteiger partial charge in [0, 0.05) is 43.7 Å². The summed E-state index contributed by atoms with van der Waals surface area (Å²) in [6.45, 7) is 1.72. The number of ether oxygens (including phenoxy) is 1. The van der Waals surface area contributed by atoms with E-state index in [0.717, 1.165) is 30.5 Å². The summed E-state index contributed by atoms with van der Waals surface area (Å²) in [6, 6.07) is 14.0. The zero-order chi connectivity index (χ0) is 21.1. The Kier molecular flexibility index (Phi) is 6.02. The second-order valence-electron chi connectivity index (χ2n) is 8.14. The van der Waals surface area contributed by atoms with Gasteiger partial charge in [-0.25, -0.2) is 4.39 Å². The van der Waals surface area contributed by atoms with Crippen LogP contribution in [0.4, 0.5) is 10.1 Å². The zero-order valence-corrected chi connectivity index (χ0v) is 17.2. The third-order valence-electron chi connectivity index (χ3n) is 6.16. The van der Waals surface area contributed by atoms with E-state index in [1.165, 1.54) is 12.1 Å². The Bertz CT molecular complexity index is 915. The van der Waals surface area contributed by atoms with E-state index in [1.807, 2.05) is 41.3 Å². The third-order valence-corrected chi connectivity index (χ3v) is 6.16. The van der Waals surface area contributed by atoms with Crippen LogP contribution in [0.5, 0.6) is 5.75 Å². The minimum Gasteiger partial charge on any atom is -0.497 e. The molecule has 5 nitrogen and oxygen atoms in total. The summed E-state index contributed by atoms with van der Waals surface area (Å²) in [4.78, 5) is 29.5. The summed E-state index contributed by atoms with van der Waals surface area (Å²) in [5, 5.41) is 0. The maximum Gasteiger partial charge on any atom is 0.228 e. The number of carbonyl (C=O) groups excluding carboxylic acids is 2. The van der Waals surface area contributed by atoms with Crippen LogP contribution in [-0.4, -0.2) is 43.5 Å². The van der Waals surface area contributed by atoms with Crippen molar-refractivity contribution in [2.45, 2.75) is 31.6 Å². The van der Waals surface area contributed by atoms with Gasteiger partial charge in [0.15, 0.2) is 0 Å². The Labute approximate surface area is 176 Å². The van der Waals surface area contributed by atoms with Crippen molar-refractivity contribution < 1.29 is 18.7 Å². The van der Waals surface area contributed by atoms with E-state index in [-0.39, 0.29) is 35.9 Å². The predicted octanol–water partition coefficient (Wildman–Crippen LogP) is 3.98. The van der Waals surface area contributed by atoms with Gasteiger partial charge in [0.1, 0.15) is 11.6 Å². The molecule has 6 heteroatoms. The number of nitrogens with zero attached hydrogens (tertiary/aromatic N) is 2. The minimum atomic E-state index is -0.337. The van der Waals surface area contributed by atoms with Crippen molar-refractivity contribution >= 4 is 17.5 Å². The highest BCUT2D eigenvalue weighted by Gasteiger charge is 2.38. The fourth-order valence-corrected chi connectivity index (χ4v) is 4.51. The Hall–Kier alpha value is -2.89. The standard InChI is InChI=1S/C24H27FN2O3/c1-30-22-7-4-6-21(14-22)27-16-19(13-23(27)28)24(29)26-12-3-2-5-18(15-26)17-8-10-20(25)11-9-17/h4,6-11,14,18-19H,2-3,5,12-13,15-16H2,1H3. The first-order chi connectivity index (χ1) is 14.5. The lowest BCUT2D eigenvalue weighted by Crippen LogP contribution is -2.39. The molecule has 2 aromatic carbocycles. The predicted molar refractivity (Wildman–Crippen MR) is 113 cm³/mol. The zero-order valence-electron chi connectivity index (χ0n) is 17.2. The van der Waals surface area contributed by atoms with Crippen LogP contribution in [0.2, 0.25) is 0 Å². The van der Waals surface area contributed by atoms with Crippen LogP contribution in [0.3, 0.4) is 0 Å². The summed E-state index contributed by atoms with van der Waals surface area (Å²) in [5.41, 5.74) is 1.83. The molecule has 0 bridgehead atoms. The maximum atomic E-state index is 13.3. The number of anilines is 1. The van der Waals surface area contributed by atoms with Gasteiger partial charge in [-0.2, -0.15) is 0 Å². The van der Waals surface area contributed by atoms with Crippen LogP contribution in [0.15, 0.2) is 48.5 Å². The van der Waals surface area contributed by atoms with Gasteiger partial charge in [-0.3, -0.25) is 9.59 Å². The first-order valence-corrected chi connectivity index (χ1v) is 10.5. The molecule has 0 aromatic heterocycles. The largest absolute Gasteiger partial charge is 0.497 e. The Morgan fingerprint density at radius 1 is 1.10 bits per heavy atom. The van der Waals surface area contributed by atoms with Crippen LogP contribution in [0.25, 0.3) is 0 Å². The van der Waals surface area contributed by atoms with Crippen molar-refractivity contribution in [1.29, 1.82) is 0 Å². The fraction of sp³-hybridized carbons (Fsp3) is 0.417. The summed E-state index contributed by atoms with van der Waals surface area (Å²) in [5.74, 6) is 0.306. The first kappa shape index (κ1) is 20.4. The summed E-state index contributed by atoms with van der Waals surface area (Å²) in [6.07, 6.45) is 3.19. The molecular weight excluding hydrogens is 383 g/mol. The normalized spacial score (nSPS) is 22.1. The van der Waals surface area contributed by atoms with Gasteiger partial charge < -0.3 is 14.5 Å². The van der Waals surface area contributed by atoms with E-state index < -0.39 is 0 Å². The van der Waals surface area contributed by atoms with Crippen LogP contribution in [-0.2, 0) is 9.59 Å². The molecule has 4 rings (SSSR count). The van der Waals surface area contributed by atoms with Crippen LogP contribution in [0.1, 0.15) is 37.2 Å². The molecule has 30 heavy (non-hydrogen) atoms. The van der Waals surface area contributed by atoms with Crippen LogP contribution < -0.4 is 9.64 Å². The monoisotopic (exact) mass is 410 g/mol. The average Bonchev–Trinajstić information content (AvgIpc) is 2.99. The van der Waals surface area contributed by atoms with E-state index >= 15 is 0 Å². The molecule has 2 atom stereocenters. The van der Waals surface area contributed by atoms with Gasteiger partial charge >= 0.3 is 0 Å². The molecule has 2 saturated heterocycles. The number of benzene rings is 2. The number of hydrogen-bond donors (Lipinski definition) is 0. The SMILES string of the molecule is COc1cccc(N2CC(C(=O)N3CCCCC(c4ccc(F)cc4)C3)CC2=O)c1. The number of halogens is 1. The minimum absolute atomic E-state index is 0.0356. The lowest BCUT2D eigenvalue weighted by molar-refractivity contribution is -0.135. The summed E-state index contributed by atoms with van der Waals surface area (Å²) < 4.78 is 18.6. The number of rotatable bonds is 4. The molecular formula is C24H27FN2O3. The number of amides is 2. The van der Waals surface area contributed by atoms with E-state index in [2.05, 4.69) is 0 Å². The molecule has 2 unspecified atom stereocenters. The Balaban J connectivity index is 1.46. The molecule has 2 amide bonds. The molecule has 2 fully saturated rings. The van der Waals surface area contributed by atoms with Crippen molar-refractivity contribution in [3.63, 3.8) is 0 Å². The van der Waals surface area contributed by atoms with Gasteiger partial charge in [-0.05, 0) is 42.7 Å². The lowest BCUT2D eigenvalue weighted by atomic mass is 9.94. The maximum absolute atomic E-state index is 13.3. The molecule has 2 heterocycles. The van der Waals surface area contributed by atoms with Crippen LogP contribution in [0, 0.1) is 11.7 Å². The van der Waals surface area contributed by atoms with Crippen molar-refractivity contribution in [2.24, 2.45) is 5.92 Å². The number of likely N-dealkylation sites (tertiary alicyclic amines) is 1. The topological polar surface area (TPSA) is 49.9 Å². The molecule has 0 saturated carbocycles. The molecule has 0 N–H and O–H groups in total. The molecule has 0 radical (unpaired) electrons. The fourth-order valence-electron chi connectivity index (χ4n) is 4.51. The van der Waals surface area contributed by atoms with Gasteiger partial charge in [-0.15, -0.1) is 0 Å². The van der Waals surface area contributed by atoms with Gasteiger partial charge in [0.2, 0.25) is 11.8 Å². The smallest absolute Gasteiger partial charge is 0.228 e. The van der Waals surface area contributed by atoms with Gasteiger partial charge in [-0.1, -0.05) is 24.6 Å².